The number of aromatic nitrogens is 2. The smallest absolute Gasteiger partial charge is 0.340 e. The fourth-order valence-corrected chi connectivity index (χ4v) is 2.63. The predicted molar refractivity (Wildman–Crippen MR) is 92.6 cm³/mol. The van der Waals surface area contributed by atoms with E-state index < -0.39 is 17.6 Å². The molecule has 0 aliphatic carbocycles. The Hall–Kier alpha value is -2.81. The quantitative estimate of drug-likeness (QED) is 0.640. The van der Waals surface area contributed by atoms with Gasteiger partial charge in [0.15, 0.2) is 5.82 Å². The number of benzene rings is 2. The molecule has 25 heavy (non-hydrogen) atoms. The van der Waals surface area contributed by atoms with Crippen molar-refractivity contribution in [2.75, 3.05) is 18.2 Å². The third kappa shape index (κ3) is 3.10. The molecule has 0 unspecified atom stereocenters. The van der Waals surface area contributed by atoms with E-state index in [1.165, 1.54) is 24.4 Å². The monoisotopic (exact) mass is 408 g/mol. The van der Waals surface area contributed by atoms with E-state index in [0.29, 0.717) is 4.47 Å². The summed E-state index contributed by atoms with van der Waals surface area (Å²) in [6.07, 6.45) is 1.24. The number of nitrogen functional groups attached to an aromatic ring is 1. The lowest BCUT2D eigenvalue weighted by Crippen LogP contribution is -2.10. The number of anilines is 3. The van der Waals surface area contributed by atoms with Crippen LogP contribution in [0.4, 0.5) is 25.8 Å². The van der Waals surface area contributed by atoms with Gasteiger partial charge in [0, 0.05) is 9.86 Å². The van der Waals surface area contributed by atoms with Gasteiger partial charge in [0.2, 0.25) is 0 Å². The van der Waals surface area contributed by atoms with Crippen LogP contribution in [0.25, 0.3) is 10.9 Å². The summed E-state index contributed by atoms with van der Waals surface area (Å²) in [6, 6.07) is 5.50. The lowest BCUT2D eigenvalue weighted by atomic mass is 10.1. The average molecular weight is 409 g/mol. The number of rotatable bonds is 3. The Bertz CT molecular complexity index is 998. The molecule has 1 heterocycles. The van der Waals surface area contributed by atoms with Crippen LogP contribution in [0.5, 0.6) is 0 Å². The van der Waals surface area contributed by atoms with Gasteiger partial charge < -0.3 is 15.8 Å². The second-order valence-electron chi connectivity index (χ2n) is 5.05. The van der Waals surface area contributed by atoms with Gasteiger partial charge in [0.25, 0.3) is 0 Å². The number of fused-ring (bicyclic) bond motifs is 1. The highest BCUT2D eigenvalue weighted by Crippen LogP contribution is 2.33. The first-order chi connectivity index (χ1) is 11.9. The fourth-order valence-electron chi connectivity index (χ4n) is 2.29. The summed E-state index contributed by atoms with van der Waals surface area (Å²) < 4.78 is 34.2. The molecule has 0 aliphatic rings. The minimum Gasteiger partial charge on any atom is -0.465 e. The summed E-state index contributed by atoms with van der Waals surface area (Å²) in [6.45, 7) is 0. The van der Waals surface area contributed by atoms with E-state index in [-0.39, 0.29) is 33.5 Å². The number of ether oxygens (including phenoxy) is 1. The molecule has 3 N–H and O–H groups in total. The molecular weight excluding hydrogens is 398 g/mol. The number of esters is 1. The molecule has 6 nitrogen and oxygen atoms in total. The van der Waals surface area contributed by atoms with Gasteiger partial charge in [-0.3, -0.25) is 0 Å². The molecule has 0 atom stereocenters. The normalized spacial score (nSPS) is 10.7. The van der Waals surface area contributed by atoms with E-state index in [0.717, 1.165) is 7.11 Å². The van der Waals surface area contributed by atoms with E-state index in [1.807, 2.05) is 0 Å². The molecule has 0 bridgehead atoms. The molecule has 0 fully saturated rings. The molecule has 9 heteroatoms. The van der Waals surface area contributed by atoms with Crippen LogP contribution in [0.2, 0.25) is 0 Å². The average Bonchev–Trinajstić information content (AvgIpc) is 2.59. The Balaban J connectivity index is 2.24. The Morgan fingerprint density at radius 1 is 1.32 bits per heavy atom. The summed E-state index contributed by atoms with van der Waals surface area (Å²) in [5.74, 6) is -2.33. The number of carbonyl (C=O) groups is 1. The first-order valence-electron chi connectivity index (χ1n) is 6.96. The van der Waals surface area contributed by atoms with Gasteiger partial charge in [-0.2, -0.15) is 5.10 Å². The van der Waals surface area contributed by atoms with Gasteiger partial charge in [0.1, 0.15) is 11.3 Å². The van der Waals surface area contributed by atoms with Gasteiger partial charge in [-0.25, -0.2) is 13.6 Å². The third-order valence-electron chi connectivity index (χ3n) is 3.50. The summed E-state index contributed by atoms with van der Waals surface area (Å²) in [4.78, 5) is 12.1. The second-order valence-corrected chi connectivity index (χ2v) is 5.97. The zero-order chi connectivity index (χ0) is 18.1. The molecular formula is C16H11BrF2N4O2. The minimum atomic E-state index is -0.889. The van der Waals surface area contributed by atoms with Crippen LogP contribution >= 0.6 is 15.9 Å². The number of nitrogens with one attached hydrogen (secondary N) is 1. The Labute approximate surface area is 149 Å². The van der Waals surface area contributed by atoms with Gasteiger partial charge in [-0.05, 0) is 24.3 Å². The van der Waals surface area contributed by atoms with E-state index in [1.54, 1.807) is 6.07 Å². The van der Waals surface area contributed by atoms with Crippen molar-refractivity contribution in [3.63, 3.8) is 0 Å². The van der Waals surface area contributed by atoms with Crippen molar-refractivity contribution in [3.8, 4) is 0 Å². The molecule has 3 aromatic rings. The van der Waals surface area contributed by atoms with Crippen LogP contribution in [-0.4, -0.2) is 23.3 Å². The lowest BCUT2D eigenvalue weighted by molar-refractivity contribution is 0.0601. The van der Waals surface area contributed by atoms with Gasteiger partial charge in [0.05, 0.1) is 35.9 Å². The van der Waals surface area contributed by atoms with Crippen molar-refractivity contribution in [2.45, 2.75) is 0 Å². The summed E-state index contributed by atoms with van der Waals surface area (Å²) >= 11 is 3.14. The van der Waals surface area contributed by atoms with E-state index in [2.05, 4.69) is 36.2 Å². The molecule has 0 spiro atoms. The van der Waals surface area contributed by atoms with Crippen molar-refractivity contribution in [3.05, 3.63) is 52.1 Å². The van der Waals surface area contributed by atoms with Crippen LogP contribution in [0, 0.1) is 11.6 Å². The molecule has 0 radical (unpaired) electrons. The zero-order valence-electron chi connectivity index (χ0n) is 12.8. The van der Waals surface area contributed by atoms with Crippen molar-refractivity contribution in [1.29, 1.82) is 0 Å². The predicted octanol–water partition coefficient (Wildman–Crippen LogP) is 3.78. The van der Waals surface area contributed by atoms with Crippen LogP contribution < -0.4 is 11.1 Å². The number of carbonyl (C=O) groups excluding carboxylic acids is 1. The molecule has 3 rings (SSSR count). The maximum absolute atomic E-state index is 14.9. The maximum atomic E-state index is 14.9. The molecule has 0 saturated heterocycles. The standard InChI is InChI=1S/C16H11BrF2N4O2/c1-25-16(24)9-5-8-11(20)6-21-23-15(8)13(19)14(9)22-12-3-2-7(17)4-10(12)18/h2-6,22H,1H3,(H2,20,23). The van der Waals surface area contributed by atoms with Gasteiger partial charge in [-0.1, -0.05) is 15.9 Å². The Kier molecular flexibility index (Phi) is 4.49. The number of nitrogens with two attached hydrogens (primary N) is 1. The van der Waals surface area contributed by atoms with Crippen LogP contribution in [-0.2, 0) is 4.74 Å². The molecule has 1 aromatic heterocycles. The Morgan fingerprint density at radius 3 is 2.76 bits per heavy atom. The van der Waals surface area contributed by atoms with Crippen LogP contribution in [0.3, 0.4) is 0 Å². The first kappa shape index (κ1) is 17.0. The molecule has 0 amide bonds. The summed E-state index contributed by atoms with van der Waals surface area (Å²) in [5, 5.41) is 10.1. The number of methoxy groups -OCH3 is 1. The van der Waals surface area contributed by atoms with Crippen molar-refractivity contribution < 1.29 is 18.3 Å². The third-order valence-corrected chi connectivity index (χ3v) is 4.00. The molecule has 0 saturated carbocycles. The van der Waals surface area contributed by atoms with Crippen LogP contribution in [0.1, 0.15) is 10.4 Å². The van der Waals surface area contributed by atoms with Crippen molar-refractivity contribution >= 4 is 49.9 Å². The Morgan fingerprint density at radius 2 is 2.08 bits per heavy atom. The number of hydrogen-bond acceptors (Lipinski definition) is 6. The highest BCUT2D eigenvalue weighted by atomic mass is 79.9. The summed E-state index contributed by atoms with van der Waals surface area (Å²) in [5.41, 5.74) is 5.33. The SMILES string of the molecule is COC(=O)c1cc2c(N)cnnc2c(F)c1Nc1ccc(Br)cc1F. The highest BCUT2D eigenvalue weighted by molar-refractivity contribution is 9.10. The highest BCUT2D eigenvalue weighted by Gasteiger charge is 2.22. The van der Waals surface area contributed by atoms with Crippen molar-refractivity contribution in [2.24, 2.45) is 0 Å². The molecule has 0 aliphatic heterocycles. The maximum Gasteiger partial charge on any atom is 0.340 e. The largest absolute Gasteiger partial charge is 0.465 e. The number of hydrogen-bond donors (Lipinski definition) is 2. The van der Waals surface area contributed by atoms with Gasteiger partial charge >= 0.3 is 5.97 Å². The topological polar surface area (TPSA) is 90.1 Å². The second kappa shape index (κ2) is 6.60. The van der Waals surface area contributed by atoms with E-state index in [9.17, 15) is 13.6 Å². The molecule has 128 valence electrons. The van der Waals surface area contributed by atoms with E-state index in [4.69, 9.17) is 5.73 Å². The first-order valence-corrected chi connectivity index (χ1v) is 7.75. The van der Waals surface area contributed by atoms with Crippen molar-refractivity contribution in [1.82, 2.24) is 10.2 Å². The molecule has 2 aromatic carbocycles. The van der Waals surface area contributed by atoms with Gasteiger partial charge in [-0.15, -0.1) is 5.10 Å². The zero-order valence-corrected chi connectivity index (χ0v) is 14.4. The van der Waals surface area contributed by atoms with E-state index >= 15 is 0 Å². The minimum absolute atomic E-state index is 0.0246. The lowest BCUT2D eigenvalue weighted by Gasteiger charge is -2.14. The fraction of sp³-hybridized carbons (Fsp3) is 0.0625. The summed E-state index contributed by atoms with van der Waals surface area (Å²) in [7, 11) is 1.16. The van der Waals surface area contributed by atoms with Crippen LogP contribution in [0.15, 0.2) is 34.9 Å². The number of nitrogens with zero attached hydrogens (tertiary/aromatic N) is 2. The number of halogens is 3.